The van der Waals surface area contributed by atoms with Crippen molar-refractivity contribution in [3.8, 4) is 0 Å². The van der Waals surface area contributed by atoms with E-state index in [1.807, 2.05) is 12.1 Å². The minimum Gasteiger partial charge on any atom is -0.387 e. The molecule has 2 atom stereocenters. The summed E-state index contributed by atoms with van der Waals surface area (Å²) in [4.78, 5) is 5.31. The maximum atomic E-state index is 10.2. The van der Waals surface area contributed by atoms with E-state index in [-0.39, 0.29) is 0 Å². The van der Waals surface area contributed by atoms with Gasteiger partial charge in [-0.1, -0.05) is 19.9 Å². The van der Waals surface area contributed by atoms with E-state index in [1.54, 1.807) is 23.7 Å². The predicted molar refractivity (Wildman–Crippen MR) is 83.7 cm³/mol. The molecule has 108 valence electrons. The van der Waals surface area contributed by atoms with Crippen molar-refractivity contribution in [3.05, 3.63) is 52.5 Å². The summed E-state index contributed by atoms with van der Waals surface area (Å²) in [6.07, 6.45) is 4.00. The van der Waals surface area contributed by atoms with Gasteiger partial charge in [0.25, 0.3) is 0 Å². The monoisotopic (exact) mass is 290 g/mol. The van der Waals surface area contributed by atoms with Gasteiger partial charge >= 0.3 is 0 Å². The molecule has 0 aromatic carbocycles. The maximum absolute atomic E-state index is 10.2. The Morgan fingerprint density at radius 3 is 2.60 bits per heavy atom. The fourth-order valence-corrected chi connectivity index (χ4v) is 3.03. The second-order valence-corrected chi connectivity index (χ2v) is 6.38. The van der Waals surface area contributed by atoms with Crippen LogP contribution in [0, 0.1) is 5.92 Å². The van der Waals surface area contributed by atoms with Crippen LogP contribution in [0.15, 0.2) is 42.0 Å². The standard InChI is InChI=1S/C16H22N2OS/c1-12(2)10-14(16-4-3-9-20-16)18-11-15(19)13-5-7-17-8-6-13/h3-9,12,14-15,18-19H,10-11H2,1-2H3. The Morgan fingerprint density at radius 2 is 2.00 bits per heavy atom. The van der Waals surface area contributed by atoms with E-state index >= 15 is 0 Å². The molecule has 2 rings (SSSR count). The van der Waals surface area contributed by atoms with Crippen LogP contribution in [0.5, 0.6) is 0 Å². The normalized spacial score (nSPS) is 14.4. The van der Waals surface area contributed by atoms with Crippen LogP contribution < -0.4 is 5.32 Å². The third-order valence-electron chi connectivity index (χ3n) is 3.24. The fraction of sp³-hybridized carbons (Fsp3) is 0.438. The van der Waals surface area contributed by atoms with Crippen molar-refractivity contribution in [1.29, 1.82) is 0 Å². The lowest BCUT2D eigenvalue weighted by Gasteiger charge is -2.21. The van der Waals surface area contributed by atoms with E-state index in [1.165, 1.54) is 4.88 Å². The van der Waals surface area contributed by atoms with Gasteiger partial charge in [0.05, 0.1) is 6.10 Å². The van der Waals surface area contributed by atoms with Crippen molar-refractivity contribution in [2.75, 3.05) is 6.54 Å². The van der Waals surface area contributed by atoms with E-state index in [4.69, 9.17) is 0 Å². The Bertz CT molecular complexity index is 484. The Kier molecular flexibility index (Phi) is 5.71. The molecule has 0 radical (unpaired) electrons. The zero-order valence-corrected chi connectivity index (χ0v) is 12.8. The number of rotatable bonds is 7. The molecule has 0 aliphatic carbocycles. The highest BCUT2D eigenvalue weighted by molar-refractivity contribution is 7.10. The van der Waals surface area contributed by atoms with Crippen molar-refractivity contribution in [3.63, 3.8) is 0 Å². The zero-order chi connectivity index (χ0) is 14.4. The molecule has 20 heavy (non-hydrogen) atoms. The van der Waals surface area contributed by atoms with E-state index in [9.17, 15) is 5.11 Å². The van der Waals surface area contributed by atoms with Gasteiger partial charge in [-0.25, -0.2) is 0 Å². The fourth-order valence-electron chi connectivity index (χ4n) is 2.22. The Labute approximate surface area is 124 Å². The number of hydrogen-bond donors (Lipinski definition) is 2. The SMILES string of the molecule is CC(C)CC(NCC(O)c1ccncc1)c1cccs1. The highest BCUT2D eigenvalue weighted by Gasteiger charge is 2.16. The van der Waals surface area contributed by atoms with Crippen molar-refractivity contribution < 1.29 is 5.11 Å². The molecular formula is C16H22N2OS. The summed E-state index contributed by atoms with van der Waals surface area (Å²) in [7, 11) is 0. The maximum Gasteiger partial charge on any atom is 0.0915 e. The van der Waals surface area contributed by atoms with Crippen LogP contribution in [0.4, 0.5) is 0 Å². The Hall–Kier alpha value is -1.23. The molecule has 0 saturated carbocycles. The lowest BCUT2D eigenvalue weighted by Crippen LogP contribution is -2.27. The van der Waals surface area contributed by atoms with Crippen LogP contribution >= 0.6 is 11.3 Å². The van der Waals surface area contributed by atoms with Crippen molar-refractivity contribution in [2.45, 2.75) is 32.4 Å². The molecule has 2 heterocycles. The first-order valence-corrected chi connectivity index (χ1v) is 7.89. The molecular weight excluding hydrogens is 268 g/mol. The van der Waals surface area contributed by atoms with Gasteiger partial charge in [-0.3, -0.25) is 4.98 Å². The molecule has 0 saturated heterocycles. The minimum absolute atomic E-state index is 0.312. The van der Waals surface area contributed by atoms with Crippen LogP contribution in [-0.4, -0.2) is 16.6 Å². The zero-order valence-electron chi connectivity index (χ0n) is 12.0. The topological polar surface area (TPSA) is 45.1 Å². The van der Waals surface area contributed by atoms with Gasteiger partial charge in [0, 0.05) is 29.9 Å². The number of pyridine rings is 1. The van der Waals surface area contributed by atoms with E-state index in [0.29, 0.717) is 18.5 Å². The van der Waals surface area contributed by atoms with Crippen LogP contribution in [-0.2, 0) is 0 Å². The molecule has 3 nitrogen and oxygen atoms in total. The van der Waals surface area contributed by atoms with E-state index in [0.717, 1.165) is 12.0 Å². The second-order valence-electron chi connectivity index (χ2n) is 5.40. The molecule has 2 aromatic rings. The Balaban J connectivity index is 1.95. The second kappa shape index (κ2) is 7.53. The smallest absolute Gasteiger partial charge is 0.0915 e. The number of aliphatic hydroxyl groups excluding tert-OH is 1. The number of aromatic nitrogens is 1. The van der Waals surface area contributed by atoms with Crippen LogP contribution in [0.25, 0.3) is 0 Å². The van der Waals surface area contributed by atoms with Gasteiger partial charge in [0.15, 0.2) is 0 Å². The minimum atomic E-state index is -0.493. The number of hydrogen-bond acceptors (Lipinski definition) is 4. The number of thiophene rings is 1. The third-order valence-corrected chi connectivity index (χ3v) is 4.23. The van der Waals surface area contributed by atoms with Gasteiger partial charge in [0.2, 0.25) is 0 Å². The molecule has 0 bridgehead atoms. The first-order chi connectivity index (χ1) is 9.66. The van der Waals surface area contributed by atoms with Crippen molar-refractivity contribution >= 4 is 11.3 Å². The van der Waals surface area contributed by atoms with Gasteiger partial charge in [-0.05, 0) is 41.5 Å². The lowest BCUT2D eigenvalue weighted by atomic mass is 10.0. The molecule has 2 N–H and O–H groups in total. The van der Waals surface area contributed by atoms with E-state index in [2.05, 4.69) is 41.7 Å². The Morgan fingerprint density at radius 1 is 1.25 bits per heavy atom. The summed E-state index contributed by atoms with van der Waals surface area (Å²) in [6, 6.07) is 8.26. The summed E-state index contributed by atoms with van der Waals surface area (Å²) in [6.45, 7) is 5.00. The summed E-state index contributed by atoms with van der Waals surface area (Å²) >= 11 is 1.77. The van der Waals surface area contributed by atoms with Gasteiger partial charge in [0.1, 0.15) is 0 Å². The largest absolute Gasteiger partial charge is 0.387 e. The van der Waals surface area contributed by atoms with Crippen molar-refractivity contribution in [1.82, 2.24) is 10.3 Å². The quantitative estimate of drug-likeness (QED) is 0.819. The average Bonchev–Trinajstić information content (AvgIpc) is 2.97. The molecule has 0 spiro atoms. The van der Waals surface area contributed by atoms with Crippen molar-refractivity contribution in [2.24, 2.45) is 5.92 Å². The lowest BCUT2D eigenvalue weighted by molar-refractivity contribution is 0.168. The first kappa shape index (κ1) is 15.2. The molecule has 4 heteroatoms. The summed E-state index contributed by atoms with van der Waals surface area (Å²) in [5, 5.41) is 15.8. The first-order valence-electron chi connectivity index (χ1n) is 7.01. The molecule has 2 aromatic heterocycles. The van der Waals surface area contributed by atoms with Gasteiger partial charge < -0.3 is 10.4 Å². The van der Waals surface area contributed by atoms with Gasteiger partial charge in [-0.2, -0.15) is 0 Å². The van der Waals surface area contributed by atoms with Crippen LogP contribution in [0.2, 0.25) is 0 Å². The molecule has 2 unspecified atom stereocenters. The highest BCUT2D eigenvalue weighted by Crippen LogP contribution is 2.25. The summed E-state index contributed by atoms with van der Waals surface area (Å²) in [5.74, 6) is 0.618. The molecule has 0 fully saturated rings. The number of nitrogens with one attached hydrogen (secondary N) is 1. The molecule has 0 aliphatic rings. The highest BCUT2D eigenvalue weighted by atomic mass is 32.1. The molecule has 0 aliphatic heterocycles. The third kappa shape index (κ3) is 4.40. The summed E-state index contributed by atoms with van der Waals surface area (Å²) in [5.41, 5.74) is 0.905. The van der Waals surface area contributed by atoms with Gasteiger partial charge in [-0.15, -0.1) is 11.3 Å². The number of nitrogens with zero attached hydrogens (tertiary/aromatic N) is 1. The van der Waals surface area contributed by atoms with Crippen LogP contribution in [0.1, 0.15) is 42.9 Å². The number of aliphatic hydroxyl groups is 1. The summed E-state index contributed by atoms with van der Waals surface area (Å²) < 4.78 is 0. The predicted octanol–water partition coefficient (Wildman–Crippen LogP) is 3.55. The van der Waals surface area contributed by atoms with Crippen LogP contribution in [0.3, 0.4) is 0 Å². The average molecular weight is 290 g/mol. The van der Waals surface area contributed by atoms with E-state index < -0.39 is 6.10 Å². The molecule has 0 amide bonds.